The monoisotopic (exact) mass is 402 g/mol. The van der Waals surface area contributed by atoms with Gasteiger partial charge in [-0.3, -0.25) is 4.79 Å². The Labute approximate surface area is 174 Å². The molecule has 2 N–H and O–H groups in total. The molecular weight excluding hydrogens is 368 g/mol. The zero-order chi connectivity index (χ0) is 21.6. The summed E-state index contributed by atoms with van der Waals surface area (Å²) in [6, 6.07) is 8.85. The molecule has 1 heterocycles. The predicted octanol–water partition coefficient (Wildman–Crippen LogP) is 2.62. The summed E-state index contributed by atoms with van der Waals surface area (Å²) in [6.07, 6.45) is 0.824. The molecule has 0 aliphatic carbocycles. The van der Waals surface area contributed by atoms with Crippen LogP contribution >= 0.6 is 0 Å². The van der Waals surface area contributed by atoms with E-state index in [1.807, 2.05) is 58.0 Å². The van der Waals surface area contributed by atoms with E-state index in [0.717, 1.165) is 24.1 Å². The minimum absolute atomic E-state index is 0.0300. The first-order valence-corrected chi connectivity index (χ1v) is 10.1. The molecule has 0 saturated carbocycles. The number of benzene rings is 1. The smallest absolute Gasteiger partial charge is 0.329 e. The maximum absolute atomic E-state index is 13.0. The fourth-order valence-electron chi connectivity index (χ4n) is 3.55. The number of carbonyl (C=O) groups excluding carboxylic acids is 2. The molecule has 0 bridgehead atoms. The van der Waals surface area contributed by atoms with Gasteiger partial charge in [-0.25, -0.2) is 4.79 Å². The molecule has 1 aromatic rings. The van der Waals surface area contributed by atoms with Gasteiger partial charge in [0.2, 0.25) is 5.91 Å². The number of hydrogen-bond acceptors (Lipinski definition) is 5. The standard InChI is InChI=1S/C23H34N2O4/c1-15-12-18(24-14-15)20(28-6)16(2)21(26)25-19(22(27)29-23(3,4)5)13-17-10-8-7-9-11-17/h7-11,16,18-20,24H,1,12-14H2,2-6H3,(H,25,26)/t16-,18+,19+,20-/m1/s1. The number of carbonyl (C=O) groups is 2. The average Bonchev–Trinajstić information content (AvgIpc) is 3.07. The Morgan fingerprint density at radius 1 is 1.28 bits per heavy atom. The van der Waals surface area contributed by atoms with E-state index in [2.05, 4.69) is 17.2 Å². The molecule has 6 heteroatoms. The van der Waals surface area contributed by atoms with E-state index in [-0.39, 0.29) is 18.1 Å². The molecule has 29 heavy (non-hydrogen) atoms. The summed E-state index contributed by atoms with van der Waals surface area (Å²) in [5, 5.41) is 6.24. The van der Waals surface area contributed by atoms with Crippen molar-refractivity contribution in [3.8, 4) is 0 Å². The average molecular weight is 403 g/mol. The fourth-order valence-corrected chi connectivity index (χ4v) is 3.55. The Morgan fingerprint density at radius 3 is 2.45 bits per heavy atom. The Hall–Kier alpha value is -2.18. The summed E-state index contributed by atoms with van der Waals surface area (Å²) in [6.45, 7) is 12.0. The molecular formula is C23H34N2O4. The summed E-state index contributed by atoms with van der Waals surface area (Å²) < 4.78 is 11.2. The van der Waals surface area contributed by atoms with E-state index in [1.165, 1.54) is 0 Å². The quantitative estimate of drug-likeness (QED) is 0.516. The molecule has 1 aliphatic heterocycles. The number of methoxy groups -OCH3 is 1. The van der Waals surface area contributed by atoms with Gasteiger partial charge in [-0.2, -0.15) is 0 Å². The SMILES string of the molecule is C=C1CN[C@H]([C@H](OC)[C@@H](C)C(=O)N[C@@H](Cc2ccccc2)C(=O)OC(C)(C)C)C1. The van der Waals surface area contributed by atoms with Gasteiger partial charge in [0, 0.05) is 26.1 Å². The second-order valence-electron chi connectivity index (χ2n) is 8.71. The van der Waals surface area contributed by atoms with Crippen molar-refractivity contribution in [1.82, 2.24) is 10.6 Å². The highest BCUT2D eigenvalue weighted by Crippen LogP contribution is 2.22. The number of nitrogens with one attached hydrogen (secondary N) is 2. The first kappa shape index (κ1) is 23.1. The minimum Gasteiger partial charge on any atom is -0.458 e. The van der Waals surface area contributed by atoms with Crippen molar-refractivity contribution in [2.45, 2.75) is 64.3 Å². The summed E-state index contributed by atoms with van der Waals surface area (Å²) in [4.78, 5) is 25.8. The van der Waals surface area contributed by atoms with Gasteiger partial charge in [-0.1, -0.05) is 49.4 Å². The van der Waals surface area contributed by atoms with Crippen LogP contribution in [0, 0.1) is 5.92 Å². The lowest BCUT2D eigenvalue weighted by atomic mass is 9.94. The molecule has 0 aromatic heterocycles. The molecule has 1 fully saturated rings. The van der Waals surface area contributed by atoms with Crippen molar-refractivity contribution < 1.29 is 19.1 Å². The second-order valence-corrected chi connectivity index (χ2v) is 8.71. The highest BCUT2D eigenvalue weighted by molar-refractivity contribution is 5.86. The van der Waals surface area contributed by atoms with Crippen LogP contribution < -0.4 is 10.6 Å². The molecule has 4 atom stereocenters. The van der Waals surface area contributed by atoms with Gasteiger partial charge in [-0.15, -0.1) is 0 Å². The summed E-state index contributed by atoms with van der Waals surface area (Å²) >= 11 is 0. The Morgan fingerprint density at radius 2 is 1.93 bits per heavy atom. The van der Waals surface area contributed by atoms with Gasteiger partial charge in [0.15, 0.2) is 0 Å². The first-order valence-electron chi connectivity index (χ1n) is 10.1. The van der Waals surface area contributed by atoms with Crippen LogP contribution in [0.3, 0.4) is 0 Å². The van der Waals surface area contributed by atoms with Crippen LogP contribution in [-0.2, 0) is 25.5 Å². The zero-order valence-electron chi connectivity index (χ0n) is 18.2. The lowest BCUT2D eigenvalue weighted by Gasteiger charge is -2.29. The molecule has 0 radical (unpaired) electrons. The van der Waals surface area contributed by atoms with Crippen LogP contribution in [0.2, 0.25) is 0 Å². The van der Waals surface area contributed by atoms with Crippen LogP contribution in [0.5, 0.6) is 0 Å². The third kappa shape index (κ3) is 6.98. The van der Waals surface area contributed by atoms with Gasteiger partial charge < -0.3 is 20.1 Å². The summed E-state index contributed by atoms with van der Waals surface area (Å²) in [5.74, 6) is -1.12. The molecule has 1 saturated heterocycles. The van der Waals surface area contributed by atoms with Crippen molar-refractivity contribution in [2.24, 2.45) is 5.92 Å². The first-order chi connectivity index (χ1) is 13.6. The lowest BCUT2D eigenvalue weighted by Crippen LogP contribution is -2.51. The Bertz CT molecular complexity index is 711. The van der Waals surface area contributed by atoms with Crippen molar-refractivity contribution in [1.29, 1.82) is 0 Å². The molecule has 1 aliphatic rings. The number of amides is 1. The predicted molar refractivity (Wildman–Crippen MR) is 113 cm³/mol. The molecule has 6 nitrogen and oxygen atoms in total. The van der Waals surface area contributed by atoms with Crippen LogP contribution in [-0.4, -0.2) is 49.3 Å². The van der Waals surface area contributed by atoms with Gasteiger partial charge in [0.05, 0.1) is 12.0 Å². The molecule has 160 valence electrons. The second kappa shape index (κ2) is 10.0. The zero-order valence-corrected chi connectivity index (χ0v) is 18.2. The third-order valence-corrected chi connectivity index (χ3v) is 4.99. The van der Waals surface area contributed by atoms with E-state index in [4.69, 9.17) is 9.47 Å². The number of hydrogen-bond donors (Lipinski definition) is 2. The summed E-state index contributed by atoms with van der Waals surface area (Å²) in [7, 11) is 1.60. The highest BCUT2D eigenvalue weighted by Gasteiger charge is 2.36. The maximum Gasteiger partial charge on any atom is 0.329 e. The van der Waals surface area contributed by atoms with Crippen molar-refractivity contribution >= 4 is 11.9 Å². The van der Waals surface area contributed by atoms with Crippen LogP contribution in [0.1, 0.15) is 39.7 Å². The van der Waals surface area contributed by atoms with Crippen molar-refractivity contribution in [2.75, 3.05) is 13.7 Å². The van der Waals surface area contributed by atoms with E-state index in [0.29, 0.717) is 6.42 Å². The van der Waals surface area contributed by atoms with E-state index in [9.17, 15) is 9.59 Å². The highest BCUT2D eigenvalue weighted by atomic mass is 16.6. The third-order valence-electron chi connectivity index (χ3n) is 4.99. The Balaban J connectivity index is 2.11. The van der Waals surface area contributed by atoms with E-state index in [1.54, 1.807) is 7.11 Å². The van der Waals surface area contributed by atoms with Gasteiger partial charge in [0.25, 0.3) is 0 Å². The normalized spacial score (nSPS) is 20.0. The minimum atomic E-state index is -0.768. The van der Waals surface area contributed by atoms with Crippen LogP contribution in [0.4, 0.5) is 0 Å². The lowest BCUT2D eigenvalue weighted by molar-refractivity contribution is -0.159. The van der Waals surface area contributed by atoms with Gasteiger partial charge in [-0.05, 0) is 32.8 Å². The van der Waals surface area contributed by atoms with E-state index >= 15 is 0 Å². The number of rotatable bonds is 8. The van der Waals surface area contributed by atoms with Gasteiger partial charge in [0.1, 0.15) is 11.6 Å². The largest absolute Gasteiger partial charge is 0.458 e. The van der Waals surface area contributed by atoms with Crippen molar-refractivity contribution in [3.63, 3.8) is 0 Å². The number of ether oxygens (including phenoxy) is 2. The molecule has 0 spiro atoms. The maximum atomic E-state index is 13.0. The topological polar surface area (TPSA) is 76.7 Å². The van der Waals surface area contributed by atoms with E-state index < -0.39 is 23.5 Å². The van der Waals surface area contributed by atoms with Crippen molar-refractivity contribution in [3.05, 3.63) is 48.0 Å². The number of esters is 1. The molecule has 2 rings (SSSR count). The molecule has 1 aromatic carbocycles. The molecule has 1 amide bonds. The fraction of sp³-hybridized carbons (Fsp3) is 0.565. The molecule has 0 unspecified atom stereocenters. The summed E-state index contributed by atoms with van der Waals surface area (Å²) in [5.41, 5.74) is 1.42. The Kier molecular flexibility index (Phi) is 7.99. The van der Waals surface area contributed by atoms with Gasteiger partial charge >= 0.3 is 5.97 Å². The van der Waals surface area contributed by atoms with Crippen LogP contribution in [0.25, 0.3) is 0 Å². The van der Waals surface area contributed by atoms with Crippen LogP contribution in [0.15, 0.2) is 42.5 Å².